The Morgan fingerprint density at radius 3 is 2.48 bits per heavy atom. The summed E-state index contributed by atoms with van der Waals surface area (Å²) in [4.78, 5) is 12.1. The molecule has 1 amide bonds. The average molecular weight is 364 g/mol. The molecule has 2 aromatic rings. The number of aryl methyl sites for hydroxylation is 1. The van der Waals surface area contributed by atoms with E-state index in [9.17, 15) is 4.79 Å². The van der Waals surface area contributed by atoms with Crippen LogP contribution in [-0.4, -0.2) is 18.2 Å². The van der Waals surface area contributed by atoms with Gasteiger partial charge < -0.3 is 4.74 Å². The normalized spacial score (nSPS) is 15.7. The molecule has 3 rings (SSSR count). The maximum Gasteiger partial charge on any atom is 0.277 e. The fourth-order valence-electron chi connectivity index (χ4n) is 3.24. The van der Waals surface area contributed by atoms with Crippen LogP contribution >= 0.6 is 0 Å². The number of amides is 1. The Bertz CT molecular complexity index is 817. The SMILES string of the molecule is CC(C)(C)c1ccc(OCC(=O)N/N=C2/CCCCc3ccccc32)cc1. The van der Waals surface area contributed by atoms with E-state index in [0.29, 0.717) is 5.75 Å². The van der Waals surface area contributed by atoms with Gasteiger partial charge in [-0.1, -0.05) is 57.2 Å². The molecule has 1 aliphatic rings. The molecule has 0 bridgehead atoms. The summed E-state index contributed by atoms with van der Waals surface area (Å²) in [6, 6.07) is 16.2. The fourth-order valence-corrected chi connectivity index (χ4v) is 3.24. The third-order valence-electron chi connectivity index (χ3n) is 4.84. The van der Waals surface area contributed by atoms with Crippen LogP contribution in [0.5, 0.6) is 5.75 Å². The predicted molar refractivity (Wildman–Crippen MR) is 109 cm³/mol. The Morgan fingerprint density at radius 2 is 1.74 bits per heavy atom. The van der Waals surface area contributed by atoms with Crippen LogP contribution in [0.25, 0.3) is 0 Å². The molecular weight excluding hydrogens is 336 g/mol. The van der Waals surface area contributed by atoms with E-state index in [0.717, 1.165) is 37.0 Å². The van der Waals surface area contributed by atoms with Crippen molar-refractivity contribution < 1.29 is 9.53 Å². The topological polar surface area (TPSA) is 50.7 Å². The first kappa shape index (κ1) is 19.2. The molecule has 0 fully saturated rings. The molecule has 0 heterocycles. The molecule has 0 spiro atoms. The van der Waals surface area contributed by atoms with Crippen LogP contribution in [0.1, 0.15) is 56.7 Å². The molecule has 142 valence electrons. The van der Waals surface area contributed by atoms with E-state index >= 15 is 0 Å². The number of hydrazone groups is 1. The van der Waals surface area contributed by atoms with Crippen molar-refractivity contribution in [2.75, 3.05) is 6.61 Å². The van der Waals surface area contributed by atoms with Crippen LogP contribution in [0.4, 0.5) is 0 Å². The summed E-state index contributed by atoms with van der Waals surface area (Å²) < 4.78 is 5.59. The van der Waals surface area contributed by atoms with Crippen LogP contribution in [0, 0.1) is 0 Å². The second-order valence-electron chi connectivity index (χ2n) is 8.02. The molecule has 27 heavy (non-hydrogen) atoms. The summed E-state index contributed by atoms with van der Waals surface area (Å²) in [5, 5.41) is 4.38. The smallest absolute Gasteiger partial charge is 0.277 e. The van der Waals surface area contributed by atoms with Crippen molar-refractivity contribution in [2.24, 2.45) is 5.10 Å². The van der Waals surface area contributed by atoms with Crippen LogP contribution in [-0.2, 0) is 16.6 Å². The molecular formula is C23H28N2O2. The third-order valence-corrected chi connectivity index (χ3v) is 4.84. The van der Waals surface area contributed by atoms with Gasteiger partial charge in [0.25, 0.3) is 5.91 Å². The lowest BCUT2D eigenvalue weighted by molar-refractivity contribution is -0.123. The van der Waals surface area contributed by atoms with Gasteiger partial charge in [-0.05, 0) is 54.4 Å². The van der Waals surface area contributed by atoms with E-state index in [1.807, 2.05) is 30.3 Å². The molecule has 0 atom stereocenters. The van der Waals surface area contributed by atoms with Gasteiger partial charge in [-0.3, -0.25) is 4.79 Å². The van der Waals surface area contributed by atoms with Gasteiger partial charge in [0, 0.05) is 5.56 Å². The van der Waals surface area contributed by atoms with Gasteiger partial charge in [-0.25, -0.2) is 5.43 Å². The van der Waals surface area contributed by atoms with Crippen molar-refractivity contribution >= 4 is 11.6 Å². The molecule has 4 nitrogen and oxygen atoms in total. The molecule has 2 aromatic carbocycles. The zero-order chi connectivity index (χ0) is 19.3. The van der Waals surface area contributed by atoms with Crippen LogP contribution < -0.4 is 10.2 Å². The number of nitrogens with one attached hydrogen (secondary N) is 1. The van der Waals surface area contributed by atoms with Crippen molar-refractivity contribution in [1.29, 1.82) is 0 Å². The van der Waals surface area contributed by atoms with Gasteiger partial charge in [0.1, 0.15) is 5.75 Å². The van der Waals surface area contributed by atoms with E-state index in [2.05, 4.69) is 49.5 Å². The summed E-state index contributed by atoms with van der Waals surface area (Å²) in [7, 11) is 0. The van der Waals surface area contributed by atoms with Crippen LogP contribution in [0.3, 0.4) is 0 Å². The molecule has 4 heteroatoms. The number of carbonyl (C=O) groups is 1. The minimum absolute atomic E-state index is 0.0483. The lowest BCUT2D eigenvalue weighted by Crippen LogP contribution is -2.26. The molecule has 0 radical (unpaired) electrons. The molecule has 1 N–H and O–H groups in total. The Labute approximate surface area is 161 Å². The first-order valence-electron chi connectivity index (χ1n) is 9.60. The summed E-state index contributed by atoms with van der Waals surface area (Å²) in [5.41, 5.74) is 7.38. The fraction of sp³-hybridized carbons (Fsp3) is 0.391. The lowest BCUT2D eigenvalue weighted by atomic mass is 9.87. The summed E-state index contributed by atoms with van der Waals surface area (Å²) >= 11 is 0. The lowest BCUT2D eigenvalue weighted by Gasteiger charge is -2.19. The second kappa shape index (κ2) is 8.38. The zero-order valence-corrected chi connectivity index (χ0v) is 16.4. The van der Waals surface area contributed by atoms with Crippen LogP contribution in [0.2, 0.25) is 0 Å². The summed E-state index contributed by atoms with van der Waals surface area (Å²) in [5.74, 6) is 0.440. The maximum atomic E-state index is 12.1. The third kappa shape index (κ3) is 5.19. The molecule has 0 saturated heterocycles. The number of hydrogen-bond donors (Lipinski definition) is 1. The van der Waals surface area contributed by atoms with E-state index < -0.39 is 0 Å². The average Bonchev–Trinajstić information content (AvgIpc) is 2.86. The number of hydrogen-bond acceptors (Lipinski definition) is 3. The van der Waals surface area contributed by atoms with Gasteiger partial charge in [-0.2, -0.15) is 5.10 Å². The minimum Gasteiger partial charge on any atom is -0.484 e. The van der Waals surface area contributed by atoms with Crippen molar-refractivity contribution in [2.45, 2.75) is 51.9 Å². The monoisotopic (exact) mass is 364 g/mol. The number of benzene rings is 2. The first-order valence-corrected chi connectivity index (χ1v) is 9.60. The van der Waals surface area contributed by atoms with E-state index in [-0.39, 0.29) is 17.9 Å². The van der Waals surface area contributed by atoms with Crippen molar-refractivity contribution in [3.63, 3.8) is 0 Å². The number of nitrogens with zero attached hydrogens (tertiary/aromatic N) is 1. The van der Waals surface area contributed by atoms with Gasteiger partial charge in [0.2, 0.25) is 0 Å². The second-order valence-corrected chi connectivity index (χ2v) is 8.02. The predicted octanol–water partition coefficient (Wildman–Crippen LogP) is 4.61. The highest BCUT2D eigenvalue weighted by molar-refractivity contribution is 6.02. The Balaban J connectivity index is 1.58. The number of ether oxygens (including phenoxy) is 1. The molecule has 0 aromatic heterocycles. The Hall–Kier alpha value is -2.62. The molecule has 0 unspecified atom stereocenters. The van der Waals surface area contributed by atoms with Gasteiger partial charge in [0.15, 0.2) is 6.61 Å². The van der Waals surface area contributed by atoms with Gasteiger partial charge >= 0.3 is 0 Å². The van der Waals surface area contributed by atoms with Crippen molar-refractivity contribution in [1.82, 2.24) is 5.43 Å². The van der Waals surface area contributed by atoms with Crippen LogP contribution in [0.15, 0.2) is 53.6 Å². The molecule has 1 aliphatic carbocycles. The Kier molecular flexibility index (Phi) is 5.94. The molecule has 0 aliphatic heterocycles. The molecule has 0 saturated carbocycles. The van der Waals surface area contributed by atoms with Crippen molar-refractivity contribution in [3.05, 3.63) is 65.2 Å². The standard InChI is InChI=1S/C23H28N2O2/c1-23(2,3)18-12-14-19(15-13-18)27-16-22(26)25-24-21-11-7-5-9-17-8-4-6-10-20(17)21/h4,6,8,10,12-15H,5,7,9,11,16H2,1-3H3,(H,25,26)/b24-21-. The van der Waals surface area contributed by atoms with Gasteiger partial charge in [-0.15, -0.1) is 0 Å². The minimum atomic E-state index is -0.246. The zero-order valence-electron chi connectivity index (χ0n) is 16.4. The van der Waals surface area contributed by atoms with E-state index in [4.69, 9.17) is 4.74 Å². The Morgan fingerprint density at radius 1 is 1.04 bits per heavy atom. The first-order chi connectivity index (χ1) is 12.9. The summed E-state index contributed by atoms with van der Waals surface area (Å²) in [6.45, 7) is 6.46. The largest absolute Gasteiger partial charge is 0.484 e. The highest BCUT2D eigenvalue weighted by Crippen LogP contribution is 2.24. The number of rotatable bonds is 4. The highest BCUT2D eigenvalue weighted by atomic mass is 16.5. The van der Waals surface area contributed by atoms with Crippen molar-refractivity contribution in [3.8, 4) is 5.75 Å². The maximum absolute atomic E-state index is 12.1. The van der Waals surface area contributed by atoms with E-state index in [1.54, 1.807) is 0 Å². The highest BCUT2D eigenvalue weighted by Gasteiger charge is 2.15. The van der Waals surface area contributed by atoms with E-state index in [1.165, 1.54) is 11.1 Å². The number of fused-ring (bicyclic) bond motifs is 1. The number of carbonyl (C=O) groups excluding carboxylic acids is 1. The van der Waals surface area contributed by atoms with Gasteiger partial charge in [0.05, 0.1) is 5.71 Å². The quantitative estimate of drug-likeness (QED) is 0.636. The summed E-state index contributed by atoms with van der Waals surface area (Å²) in [6.07, 6.45) is 4.18.